The highest BCUT2D eigenvalue weighted by molar-refractivity contribution is 7.14. The highest BCUT2D eigenvalue weighted by Crippen LogP contribution is 2.22. The summed E-state index contributed by atoms with van der Waals surface area (Å²) in [6, 6.07) is 6.96. The number of amides is 2. The number of aryl methyl sites for hydroxylation is 1. The lowest BCUT2D eigenvalue weighted by Gasteiger charge is -2.23. The zero-order valence-electron chi connectivity index (χ0n) is 30.3. The van der Waals surface area contributed by atoms with Crippen LogP contribution in [0, 0.1) is 0 Å². The van der Waals surface area contributed by atoms with Gasteiger partial charge in [0.2, 0.25) is 5.71 Å². The lowest BCUT2D eigenvalue weighted by molar-refractivity contribution is -0.170. The number of carbonyl (C=O) groups excluding carboxylic acids is 3. The molecule has 1 atom stereocenters. The number of thiazole rings is 1. The number of carbonyl (C=O) groups is 4. The van der Waals surface area contributed by atoms with Crippen molar-refractivity contribution in [3.05, 3.63) is 47.9 Å². The van der Waals surface area contributed by atoms with Crippen LogP contribution in [-0.4, -0.2) is 85.5 Å². The Hall–Kier alpha value is -5.19. The van der Waals surface area contributed by atoms with Gasteiger partial charge < -0.3 is 38.8 Å². The Morgan fingerprint density at radius 1 is 0.922 bits per heavy atom. The number of nitrogens with zero attached hydrogens (tertiary/aromatic N) is 4. The number of nitrogens with one attached hydrogen (secondary N) is 2. The Morgan fingerprint density at radius 2 is 1.55 bits per heavy atom. The molecular weight excluding hydrogens is 684 g/mol. The summed E-state index contributed by atoms with van der Waals surface area (Å²) in [4.78, 5) is 62.9. The van der Waals surface area contributed by atoms with Crippen molar-refractivity contribution >= 4 is 46.3 Å². The number of imidazole rings is 1. The molecule has 0 aliphatic rings. The molecule has 0 saturated carbocycles. The van der Waals surface area contributed by atoms with Crippen molar-refractivity contribution in [3.8, 4) is 17.0 Å². The number of ether oxygens (including phenoxy) is 4. The number of alkyl carbamates (subject to hydrolysis) is 1. The minimum absolute atomic E-state index is 0.0723. The van der Waals surface area contributed by atoms with Crippen molar-refractivity contribution in [1.29, 1.82) is 0 Å². The summed E-state index contributed by atoms with van der Waals surface area (Å²) in [6.45, 7) is 16.2. The molecule has 2 heterocycles. The molecule has 3 rings (SSSR count). The summed E-state index contributed by atoms with van der Waals surface area (Å²) in [5.74, 6) is -1.92. The molecule has 2 aromatic heterocycles. The number of esters is 1. The Balaban J connectivity index is 1.64. The highest BCUT2D eigenvalue weighted by atomic mass is 32.1. The summed E-state index contributed by atoms with van der Waals surface area (Å²) < 4.78 is 23.6. The molecule has 0 bridgehead atoms. The zero-order chi connectivity index (χ0) is 38.0. The minimum Gasteiger partial charge on any atom is -0.489 e. The Kier molecular flexibility index (Phi) is 13.5. The molecule has 0 unspecified atom stereocenters. The first-order chi connectivity index (χ1) is 23.7. The lowest BCUT2D eigenvalue weighted by atomic mass is 10.1. The number of carboxylic acid groups (broad SMARTS) is 1. The Bertz CT molecular complexity index is 1680. The van der Waals surface area contributed by atoms with Crippen molar-refractivity contribution in [3.63, 3.8) is 0 Å². The number of benzene rings is 1. The van der Waals surface area contributed by atoms with Gasteiger partial charge in [-0.3, -0.25) is 5.32 Å². The van der Waals surface area contributed by atoms with Gasteiger partial charge in [-0.05, 0) is 93.0 Å². The van der Waals surface area contributed by atoms with E-state index in [0.717, 1.165) is 22.6 Å². The van der Waals surface area contributed by atoms with E-state index in [2.05, 4.69) is 25.8 Å². The van der Waals surface area contributed by atoms with Gasteiger partial charge in [0.25, 0.3) is 6.10 Å². The maximum Gasteiger partial charge on any atom is 0.413 e. The van der Waals surface area contributed by atoms with E-state index in [1.54, 1.807) is 92.9 Å². The molecule has 17 heteroatoms. The fourth-order valence-corrected chi connectivity index (χ4v) is 4.62. The van der Waals surface area contributed by atoms with Crippen LogP contribution in [0.25, 0.3) is 11.3 Å². The summed E-state index contributed by atoms with van der Waals surface area (Å²) >= 11 is 0.950. The second-order valence-corrected chi connectivity index (χ2v) is 15.0. The topological polar surface area (TPSA) is 202 Å². The van der Waals surface area contributed by atoms with E-state index in [0.29, 0.717) is 25.3 Å². The average molecular weight is 731 g/mol. The molecule has 1 aromatic carbocycles. The summed E-state index contributed by atoms with van der Waals surface area (Å²) in [6.07, 6.45) is 1.59. The third kappa shape index (κ3) is 14.7. The van der Waals surface area contributed by atoms with Crippen LogP contribution < -0.4 is 15.4 Å². The van der Waals surface area contributed by atoms with Gasteiger partial charge in [0.05, 0.1) is 12.0 Å². The van der Waals surface area contributed by atoms with Gasteiger partial charge >= 0.3 is 24.1 Å². The largest absolute Gasteiger partial charge is 0.489 e. The van der Waals surface area contributed by atoms with E-state index < -0.39 is 52.7 Å². The zero-order valence-corrected chi connectivity index (χ0v) is 31.1. The smallest absolute Gasteiger partial charge is 0.413 e. The molecule has 51 heavy (non-hydrogen) atoms. The number of oxime groups is 1. The van der Waals surface area contributed by atoms with E-state index >= 15 is 0 Å². The molecule has 0 radical (unpaired) electrons. The molecule has 3 aromatic rings. The second kappa shape index (κ2) is 17.2. The predicted octanol–water partition coefficient (Wildman–Crippen LogP) is 5.86. The maximum absolute atomic E-state index is 13.0. The summed E-state index contributed by atoms with van der Waals surface area (Å²) in [5, 5.41) is 20.1. The fraction of sp³-hybridized carbons (Fsp3) is 0.500. The number of anilines is 1. The monoisotopic (exact) mass is 730 g/mol. The van der Waals surface area contributed by atoms with E-state index in [9.17, 15) is 24.3 Å². The quantitative estimate of drug-likeness (QED) is 0.0587. The van der Waals surface area contributed by atoms with Gasteiger partial charge in [0, 0.05) is 30.2 Å². The normalized spacial score (nSPS) is 12.8. The van der Waals surface area contributed by atoms with Crippen molar-refractivity contribution in [2.45, 2.75) is 98.2 Å². The summed E-state index contributed by atoms with van der Waals surface area (Å²) in [7, 11) is 0. The van der Waals surface area contributed by atoms with Gasteiger partial charge in [0.1, 0.15) is 34.9 Å². The van der Waals surface area contributed by atoms with Crippen LogP contribution in [0.3, 0.4) is 0 Å². The number of rotatable bonds is 14. The van der Waals surface area contributed by atoms with Gasteiger partial charge in [-0.25, -0.2) is 29.1 Å². The van der Waals surface area contributed by atoms with Crippen molar-refractivity contribution in [2.75, 3.05) is 18.5 Å². The van der Waals surface area contributed by atoms with Crippen LogP contribution >= 0.6 is 11.3 Å². The molecular formula is C34H46N6O10S. The standard InChI is InChI=1S/C34H46N6O10S/c1-32(2,3)47-28(43)25(50-39-26(27(41)42)24-19-51-29(37-24)38-31(45)49-34(7,8)9)18-46-22-13-11-21(12-14-22)23-17-40(20-36-23)16-10-15-35-30(44)48-33(4,5)6/h11-14,17,19-20,25H,10,15-16,18H2,1-9H3,(H,35,44)(H,41,42)(H,37,38,45)/b39-26-/t25-/m0/s1. The predicted molar refractivity (Wildman–Crippen MR) is 189 cm³/mol. The summed E-state index contributed by atoms with van der Waals surface area (Å²) in [5.41, 5.74) is -1.38. The highest BCUT2D eigenvalue weighted by Gasteiger charge is 2.29. The molecule has 0 saturated heterocycles. The van der Waals surface area contributed by atoms with Crippen LogP contribution in [0.15, 0.2) is 47.3 Å². The van der Waals surface area contributed by atoms with Crippen molar-refractivity contribution < 1.29 is 48.1 Å². The third-order valence-electron chi connectivity index (χ3n) is 5.94. The van der Waals surface area contributed by atoms with Crippen LogP contribution in [-0.2, 0) is 35.2 Å². The third-order valence-corrected chi connectivity index (χ3v) is 6.70. The second-order valence-electron chi connectivity index (χ2n) is 14.2. The van der Waals surface area contributed by atoms with Gasteiger partial charge in [-0.15, -0.1) is 11.3 Å². The Labute approximate surface area is 300 Å². The van der Waals surface area contributed by atoms with Crippen molar-refractivity contribution in [1.82, 2.24) is 19.9 Å². The number of carboxylic acids is 1. The van der Waals surface area contributed by atoms with Crippen LogP contribution in [0.5, 0.6) is 5.75 Å². The fourth-order valence-electron chi connectivity index (χ4n) is 3.94. The molecule has 2 amide bonds. The van der Waals surface area contributed by atoms with E-state index in [4.69, 9.17) is 23.8 Å². The number of hydrogen-bond donors (Lipinski definition) is 3. The Morgan fingerprint density at radius 3 is 2.16 bits per heavy atom. The number of aromatic nitrogens is 3. The van der Waals surface area contributed by atoms with Crippen LogP contribution in [0.2, 0.25) is 0 Å². The number of hydrogen-bond acceptors (Lipinski definition) is 13. The maximum atomic E-state index is 13.0. The lowest BCUT2D eigenvalue weighted by Crippen LogP contribution is -2.37. The molecule has 0 aliphatic heterocycles. The first-order valence-corrected chi connectivity index (χ1v) is 16.9. The van der Waals surface area contributed by atoms with E-state index in [1.807, 2.05) is 10.8 Å². The molecule has 0 aliphatic carbocycles. The molecule has 16 nitrogen and oxygen atoms in total. The minimum atomic E-state index is -1.48. The van der Waals surface area contributed by atoms with E-state index in [-0.39, 0.29) is 17.4 Å². The SMILES string of the molecule is CC(C)(C)OC(=O)NCCCn1cnc(-c2ccc(OC[C@H](O/N=C(\C(=O)O)c3csc(NC(=O)OC(C)(C)C)n3)C(=O)OC(C)(C)C)cc2)c1. The number of aliphatic carboxylic acids is 1. The van der Waals surface area contributed by atoms with Crippen LogP contribution in [0.1, 0.15) is 74.4 Å². The van der Waals surface area contributed by atoms with Gasteiger partial charge in [0.15, 0.2) is 5.13 Å². The van der Waals surface area contributed by atoms with E-state index in [1.165, 1.54) is 5.38 Å². The molecule has 0 spiro atoms. The van der Waals surface area contributed by atoms with Gasteiger partial charge in [-0.1, -0.05) is 5.16 Å². The first kappa shape index (κ1) is 40.2. The first-order valence-electron chi connectivity index (χ1n) is 16.1. The van der Waals surface area contributed by atoms with Gasteiger partial charge in [-0.2, -0.15) is 0 Å². The van der Waals surface area contributed by atoms with Crippen molar-refractivity contribution in [2.24, 2.45) is 5.16 Å². The molecule has 278 valence electrons. The molecule has 3 N–H and O–H groups in total. The average Bonchev–Trinajstić information content (AvgIpc) is 3.64. The molecule has 0 fully saturated rings. The van der Waals surface area contributed by atoms with Crippen LogP contribution in [0.4, 0.5) is 14.7 Å².